The van der Waals surface area contributed by atoms with Crippen LogP contribution in [-0.4, -0.2) is 32.7 Å². The number of hydrogen-bond donors (Lipinski definition) is 1. The van der Waals surface area contributed by atoms with Crippen LogP contribution in [0.4, 0.5) is 0 Å². The van der Waals surface area contributed by atoms with Crippen molar-refractivity contribution < 1.29 is 19.1 Å². The molecule has 0 spiro atoms. The van der Waals surface area contributed by atoms with E-state index in [4.69, 9.17) is 21.7 Å². The van der Waals surface area contributed by atoms with E-state index in [1.54, 1.807) is 11.0 Å². The average Bonchev–Trinajstić information content (AvgIpc) is 3.21. The molecule has 8 heteroatoms. The quantitative estimate of drug-likeness (QED) is 0.303. The SMILES string of the molecule is O=C(O)CCCCCN1C(=O)C(=Cc2ccc(-c3ccccc3Br)o2)SC1=S. The Morgan fingerprint density at radius 3 is 2.75 bits per heavy atom. The lowest BCUT2D eigenvalue weighted by atomic mass is 10.2. The normalized spacial score (nSPS) is 15.6. The molecule has 1 aliphatic heterocycles. The number of hydrogen-bond acceptors (Lipinski definition) is 5. The minimum atomic E-state index is -0.797. The first-order valence-corrected chi connectivity index (χ1v) is 10.8. The lowest BCUT2D eigenvalue weighted by Gasteiger charge is -2.13. The highest BCUT2D eigenvalue weighted by Gasteiger charge is 2.31. The highest BCUT2D eigenvalue weighted by molar-refractivity contribution is 9.10. The number of rotatable bonds is 8. The molecule has 1 N–H and O–H groups in total. The molecule has 2 heterocycles. The summed E-state index contributed by atoms with van der Waals surface area (Å²) in [5.41, 5.74) is 0.941. The van der Waals surface area contributed by atoms with E-state index in [0.717, 1.165) is 22.9 Å². The molecule has 1 fully saturated rings. The molecule has 1 amide bonds. The second-order valence-corrected chi connectivity index (χ2v) is 8.75. The molecule has 5 nitrogen and oxygen atoms in total. The zero-order valence-corrected chi connectivity index (χ0v) is 18.1. The summed E-state index contributed by atoms with van der Waals surface area (Å²) in [4.78, 5) is 25.3. The van der Waals surface area contributed by atoms with E-state index < -0.39 is 5.97 Å². The molecular weight excluding hydrogens is 462 g/mol. The zero-order valence-electron chi connectivity index (χ0n) is 14.9. The van der Waals surface area contributed by atoms with Crippen LogP contribution in [0.2, 0.25) is 0 Å². The lowest BCUT2D eigenvalue weighted by Crippen LogP contribution is -2.29. The smallest absolute Gasteiger partial charge is 0.303 e. The fourth-order valence-corrected chi connectivity index (χ4v) is 4.55. The van der Waals surface area contributed by atoms with Gasteiger partial charge in [-0.05, 0) is 31.0 Å². The number of unbranched alkanes of at least 4 members (excludes halogenated alkanes) is 2. The molecule has 2 aromatic rings. The van der Waals surface area contributed by atoms with Crippen LogP contribution in [0.5, 0.6) is 0 Å². The zero-order chi connectivity index (χ0) is 20.1. The number of thiocarbonyl (C=S) groups is 1. The number of thioether (sulfide) groups is 1. The minimum absolute atomic E-state index is 0.132. The highest BCUT2D eigenvalue weighted by atomic mass is 79.9. The molecule has 0 aliphatic carbocycles. The Hall–Kier alpha value is -1.90. The van der Waals surface area contributed by atoms with Gasteiger partial charge in [0.2, 0.25) is 0 Å². The second-order valence-electron chi connectivity index (χ2n) is 6.22. The summed E-state index contributed by atoms with van der Waals surface area (Å²) in [5.74, 6) is 0.376. The molecule has 1 aromatic carbocycles. The van der Waals surface area contributed by atoms with Gasteiger partial charge < -0.3 is 9.52 Å². The first-order valence-electron chi connectivity index (χ1n) is 8.77. The van der Waals surface area contributed by atoms with Gasteiger partial charge >= 0.3 is 5.97 Å². The van der Waals surface area contributed by atoms with Crippen LogP contribution in [0.1, 0.15) is 31.4 Å². The third-order valence-corrected chi connectivity index (χ3v) is 6.25. The van der Waals surface area contributed by atoms with Crippen LogP contribution >= 0.6 is 39.9 Å². The number of amides is 1. The van der Waals surface area contributed by atoms with Crippen molar-refractivity contribution in [2.45, 2.75) is 25.7 Å². The number of carboxylic acids is 1. The molecule has 28 heavy (non-hydrogen) atoms. The number of carboxylic acid groups (broad SMARTS) is 1. The number of nitrogens with zero attached hydrogens (tertiary/aromatic N) is 1. The first kappa shape index (κ1) is 20.8. The van der Waals surface area contributed by atoms with Crippen LogP contribution in [-0.2, 0) is 9.59 Å². The maximum absolute atomic E-state index is 12.6. The number of carbonyl (C=O) groups excluding carboxylic acids is 1. The Kier molecular flexibility index (Phi) is 7.09. The molecule has 0 bridgehead atoms. The second kappa shape index (κ2) is 9.54. The number of carbonyl (C=O) groups is 2. The van der Waals surface area contributed by atoms with Gasteiger partial charge in [0.15, 0.2) is 0 Å². The molecule has 0 unspecified atom stereocenters. The summed E-state index contributed by atoms with van der Waals surface area (Å²) in [6, 6.07) is 11.5. The molecular formula is C20H18BrNO4S2. The van der Waals surface area contributed by atoms with Gasteiger partial charge in [-0.15, -0.1) is 0 Å². The van der Waals surface area contributed by atoms with Gasteiger partial charge in [-0.25, -0.2) is 0 Å². The van der Waals surface area contributed by atoms with Crippen LogP contribution in [0.15, 0.2) is 50.2 Å². The van der Waals surface area contributed by atoms with E-state index in [9.17, 15) is 9.59 Å². The third-order valence-electron chi connectivity index (χ3n) is 4.19. The third kappa shape index (κ3) is 5.12. The van der Waals surface area contributed by atoms with Crippen LogP contribution in [0, 0.1) is 0 Å². The van der Waals surface area contributed by atoms with E-state index in [2.05, 4.69) is 15.9 Å². The summed E-state index contributed by atoms with van der Waals surface area (Å²) in [6.45, 7) is 0.502. The molecule has 1 aliphatic rings. The van der Waals surface area contributed by atoms with E-state index in [1.165, 1.54) is 11.8 Å². The van der Waals surface area contributed by atoms with Gasteiger partial charge in [-0.3, -0.25) is 14.5 Å². The predicted octanol–water partition coefficient (Wildman–Crippen LogP) is 5.56. The van der Waals surface area contributed by atoms with E-state index in [1.807, 2.05) is 36.4 Å². The van der Waals surface area contributed by atoms with Gasteiger partial charge in [0, 0.05) is 29.1 Å². The standard InChI is InChI=1S/C20H18BrNO4S2/c21-15-7-4-3-6-14(15)16-10-9-13(26-16)12-17-19(25)22(20(27)28-17)11-5-1-2-8-18(23)24/h3-4,6-7,9-10,12H,1-2,5,8,11H2,(H,23,24). The number of aliphatic carboxylic acids is 1. The maximum Gasteiger partial charge on any atom is 0.303 e. The number of benzene rings is 1. The molecule has 1 saturated heterocycles. The fraction of sp³-hybridized carbons (Fsp3) is 0.250. The molecule has 0 atom stereocenters. The van der Waals surface area contributed by atoms with Crippen molar-refractivity contribution >= 4 is 62.2 Å². The van der Waals surface area contributed by atoms with Crippen molar-refractivity contribution in [1.29, 1.82) is 0 Å². The maximum atomic E-state index is 12.6. The monoisotopic (exact) mass is 479 g/mol. The summed E-state index contributed by atoms with van der Waals surface area (Å²) in [5, 5.41) is 8.67. The molecule has 1 aromatic heterocycles. The summed E-state index contributed by atoms with van der Waals surface area (Å²) in [7, 11) is 0. The Balaban J connectivity index is 1.64. The van der Waals surface area contributed by atoms with Crippen molar-refractivity contribution in [2.75, 3.05) is 6.54 Å². The fourth-order valence-electron chi connectivity index (χ4n) is 2.78. The largest absolute Gasteiger partial charge is 0.481 e. The summed E-state index contributed by atoms with van der Waals surface area (Å²) < 4.78 is 7.33. The van der Waals surface area contributed by atoms with Gasteiger partial charge in [-0.1, -0.05) is 64.5 Å². The van der Waals surface area contributed by atoms with E-state index in [0.29, 0.717) is 33.7 Å². The van der Waals surface area contributed by atoms with Crippen molar-refractivity contribution in [3.8, 4) is 11.3 Å². The highest BCUT2D eigenvalue weighted by Crippen LogP contribution is 2.35. The van der Waals surface area contributed by atoms with Crippen molar-refractivity contribution in [3.63, 3.8) is 0 Å². The van der Waals surface area contributed by atoms with E-state index >= 15 is 0 Å². The molecule has 3 rings (SSSR count). The van der Waals surface area contributed by atoms with E-state index in [-0.39, 0.29) is 12.3 Å². The topological polar surface area (TPSA) is 70.8 Å². The van der Waals surface area contributed by atoms with Crippen LogP contribution in [0.25, 0.3) is 17.4 Å². The van der Waals surface area contributed by atoms with Crippen LogP contribution < -0.4 is 0 Å². The number of halogens is 1. The molecule has 0 saturated carbocycles. The summed E-state index contributed by atoms with van der Waals surface area (Å²) >= 11 is 10.1. The van der Waals surface area contributed by atoms with Crippen molar-refractivity contribution in [2.24, 2.45) is 0 Å². The lowest BCUT2D eigenvalue weighted by molar-refractivity contribution is -0.137. The van der Waals surface area contributed by atoms with Gasteiger partial charge in [0.05, 0.1) is 4.91 Å². The van der Waals surface area contributed by atoms with Crippen molar-refractivity contribution in [3.05, 3.63) is 51.5 Å². The summed E-state index contributed by atoms with van der Waals surface area (Å²) in [6.07, 6.45) is 3.93. The van der Waals surface area contributed by atoms with Gasteiger partial charge in [0.25, 0.3) is 5.91 Å². The Bertz CT molecular complexity index is 938. The number of furan rings is 1. The Morgan fingerprint density at radius 2 is 2.00 bits per heavy atom. The molecule has 0 radical (unpaired) electrons. The minimum Gasteiger partial charge on any atom is -0.481 e. The Labute approximate surface area is 180 Å². The van der Waals surface area contributed by atoms with Gasteiger partial charge in [0.1, 0.15) is 15.8 Å². The Morgan fingerprint density at radius 1 is 1.21 bits per heavy atom. The molecule has 146 valence electrons. The van der Waals surface area contributed by atoms with Gasteiger partial charge in [-0.2, -0.15) is 0 Å². The first-order chi connectivity index (χ1) is 13.5. The van der Waals surface area contributed by atoms with Crippen molar-refractivity contribution in [1.82, 2.24) is 4.90 Å². The predicted molar refractivity (Wildman–Crippen MR) is 118 cm³/mol. The van der Waals surface area contributed by atoms with Crippen LogP contribution in [0.3, 0.4) is 0 Å². The average molecular weight is 480 g/mol.